The average molecular weight is 186 g/mol. The van der Waals surface area contributed by atoms with E-state index in [4.69, 9.17) is 4.74 Å². The first-order chi connectivity index (χ1) is 5.90. The van der Waals surface area contributed by atoms with Crippen LogP contribution in [0.3, 0.4) is 0 Å². The summed E-state index contributed by atoms with van der Waals surface area (Å²) in [7, 11) is 0. The summed E-state index contributed by atoms with van der Waals surface area (Å²) in [5, 5.41) is 0. The molecule has 0 bridgehead atoms. The lowest BCUT2D eigenvalue weighted by molar-refractivity contribution is -0.154. The molecule has 0 rings (SSSR count). The van der Waals surface area contributed by atoms with Gasteiger partial charge in [0.2, 0.25) is 0 Å². The number of hydrogen-bond donors (Lipinski definition) is 0. The van der Waals surface area contributed by atoms with Gasteiger partial charge in [0.1, 0.15) is 0 Å². The third kappa shape index (κ3) is 4.91. The standard InChI is InChI=1S/C11H22O2/c1-6-11(4,5)10(12)13-8-7-9(2)3/h9H,6-8H2,1-5H3. The quantitative estimate of drug-likeness (QED) is 0.617. The number of ether oxygens (including phenoxy) is 1. The Hall–Kier alpha value is -0.530. The lowest BCUT2D eigenvalue weighted by Gasteiger charge is -2.20. The summed E-state index contributed by atoms with van der Waals surface area (Å²) in [6.45, 7) is 10.6. The third-order valence-corrected chi connectivity index (χ3v) is 2.36. The molecule has 2 heteroatoms. The Morgan fingerprint density at radius 2 is 1.92 bits per heavy atom. The molecule has 0 atom stereocenters. The predicted octanol–water partition coefficient (Wildman–Crippen LogP) is 3.01. The molecule has 0 aromatic rings. The van der Waals surface area contributed by atoms with E-state index >= 15 is 0 Å². The summed E-state index contributed by atoms with van der Waals surface area (Å²) in [6, 6.07) is 0. The minimum absolute atomic E-state index is 0.0735. The van der Waals surface area contributed by atoms with Gasteiger partial charge in [0.05, 0.1) is 12.0 Å². The number of carbonyl (C=O) groups excluding carboxylic acids is 1. The molecule has 0 amide bonds. The van der Waals surface area contributed by atoms with Gasteiger partial charge in [-0.25, -0.2) is 0 Å². The van der Waals surface area contributed by atoms with Crippen LogP contribution in [-0.4, -0.2) is 12.6 Å². The van der Waals surface area contributed by atoms with Crippen LogP contribution in [0.2, 0.25) is 0 Å². The van der Waals surface area contributed by atoms with Gasteiger partial charge >= 0.3 is 5.97 Å². The summed E-state index contributed by atoms with van der Waals surface area (Å²) >= 11 is 0. The van der Waals surface area contributed by atoms with Crippen LogP contribution in [0.4, 0.5) is 0 Å². The molecule has 0 radical (unpaired) electrons. The monoisotopic (exact) mass is 186 g/mol. The SMILES string of the molecule is CCC(C)(C)C(=O)OCCC(C)C. The molecule has 0 heterocycles. The van der Waals surface area contributed by atoms with Gasteiger partial charge in [-0.3, -0.25) is 4.79 Å². The molecule has 78 valence electrons. The van der Waals surface area contributed by atoms with E-state index in [1.54, 1.807) is 0 Å². The third-order valence-electron chi connectivity index (χ3n) is 2.36. The van der Waals surface area contributed by atoms with Crippen molar-refractivity contribution in [2.45, 2.75) is 47.5 Å². The van der Waals surface area contributed by atoms with Crippen molar-refractivity contribution < 1.29 is 9.53 Å². The molecule has 13 heavy (non-hydrogen) atoms. The van der Waals surface area contributed by atoms with Gasteiger partial charge in [0.15, 0.2) is 0 Å². The van der Waals surface area contributed by atoms with E-state index in [1.807, 2.05) is 20.8 Å². The van der Waals surface area contributed by atoms with Crippen molar-refractivity contribution in [3.63, 3.8) is 0 Å². The Morgan fingerprint density at radius 1 is 1.38 bits per heavy atom. The van der Waals surface area contributed by atoms with E-state index in [9.17, 15) is 4.79 Å². The molecule has 0 aliphatic rings. The Bertz CT molecular complexity index is 159. The first-order valence-corrected chi connectivity index (χ1v) is 5.07. The van der Waals surface area contributed by atoms with Gasteiger partial charge in [-0.05, 0) is 32.6 Å². The van der Waals surface area contributed by atoms with Gasteiger partial charge in [-0.15, -0.1) is 0 Å². The van der Waals surface area contributed by atoms with Crippen LogP contribution in [0.1, 0.15) is 47.5 Å². The maximum Gasteiger partial charge on any atom is 0.311 e. The molecule has 0 aliphatic carbocycles. The van der Waals surface area contributed by atoms with Crippen LogP contribution < -0.4 is 0 Å². The summed E-state index contributed by atoms with van der Waals surface area (Å²) in [4.78, 5) is 11.5. The van der Waals surface area contributed by atoms with Crippen LogP contribution in [0, 0.1) is 11.3 Å². The van der Waals surface area contributed by atoms with Gasteiger partial charge in [-0.1, -0.05) is 20.8 Å². The molecular formula is C11H22O2. The molecule has 0 aliphatic heterocycles. The topological polar surface area (TPSA) is 26.3 Å². The molecule has 0 saturated heterocycles. The number of hydrogen-bond acceptors (Lipinski definition) is 2. The van der Waals surface area contributed by atoms with E-state index in [1.165, 1.54) is 0 Å². The van der Waals surface area contributed by atoms with Crippen molar-refractivity contribution in [1.29, 1.82) is 0 Å². The molecule has 0 spiro atoms. The minimum Gasteiger partial charge on any atom is -0.465 e. The fourth-order valence-corrected chi connectivity index (χ4v) is 0.727. The highest BCUT2D eigenvalue weighted by Gasteiger charge is 2.26. The summed E-state index contributed by atoms with van der Waals surface area (Å²) < 4.78 is 5.17. The lowest BCUT2D eigenvalue weighted by Crippen LogP contribution is -2.26. The van der Waals surface area contributed by atoms with Gasteiger partial charge in [-0.2, -0.15) is 0 Å². The molecule has 0 aromatic heterocycles. The fraction of sp³-hybridized carbons (Fsp3) is 0.909. The second-order valence-electron chi connectivity index (χ2n) is 4.56. The van der Waals surface area contributed by atoms with E-state index in [2.05, 4.69) is 13.8 Å². The smallest absolute Gasteiger partial charge is 0.311 e. The number of esters is 1. The van der Waals surface area contributed by atoms with Crippen LogP contribution >= 0.6 is 0 Å². The summed E-state index contributed by atoms with van der Waals surface area (Å²) in [5.41, 5.74) is -0.322. The molecule has 0 fully saturated rings. The molecular weight excluding hydrogens is 164 g/mol. The Labute approximate surface area is 81.7 Å². The lowest BCUT2D eigenvalue weighted by atomic mass is 9.91. The second kappa shape index (κ2) is 5.25. The Kier molecular flexibility index (Phi) is 5.04. The van der Waals surface area contributed by atoms with Gasteiger partial charge < -0.3 is 4.74 Å². The second-order valence-corrected chi connectivity index (χ2v) is 4.56. The molecule has 2 nitrogen and oxygen atoms in total. The Balaban J connectivity index is 3.75. The van der Waals surface area contributed by atoms with Crippen molar-refractivity contribution in [3.8, 4) is 0 Å². The molecule has 0 aromatic carbocycles. The summed E-state index contributed by atoms with van der Waals surface area (Å²) in [6.07, 6.45) is 1.78. The van der Waals surface area contributed by atoms with Crippen molar-refractivity contribution in [3.05, 3.63) is 0 Å². The number of rotatable bonds is 5. The van der Waals surface area contributed by atoms with Crippen molar-refractivity contribution in [1.82, 2.24) is 0 Å². The van der Waals surface area contributed by atoms with E-state index in [0.717, 1.165) is 12.8 Å². The maximum atomic E-state index is 11.5. The fourth-order valence-electron chi connectivity index (χ4n) is 0.727. The van der Waals surface area contributed by atoms with Crippen molar-refractivity contribution in [2.75, 3.05) is 6.61 Å². The summed E-state index contributed by atoms with van der Waals surface area (Å²) in [5.74, 6) is 0.521. The van der Waals surface area contributed by atoms with E-state index in [-0.39, 0.29) is 11.4 Å². The Morgan fingerprint density at radius 3 is 2.31 bits per heavy atom. The zero-order chi connectivity index (χ0) is 10.5. The van der Waals surface area contributed by atoms with Crippen molar-refractivity contribution >= 4 is 5.97 Å². The first kappa shape index (κ1) is 12.5. The van der Waals surface area contributed by atoms with Crippen LogP contribution in [0.25, 0.3) is 0 Å². The molecule has 0 saturated carbocycles. The molecule has 0 unspecified atom stereocenters. The normalized spacial score (nSPS) is 11.8. The highest BCUT2D eigenvalue weighted by molar-refractivity contribution is 5.75. The largest absolute Gasteiger partial charge is 0.465 e. The van der Waals surface area contributed by atoms with Crippen molar-refractivity contribution in [2.24, 2.45) is 11.3 Å². The average Bonchev–Trinajstić information content (AvgIpc) is 2.03. The van der Waals surface area contributed by atoms with Gasteiger partial charge in [0, 0.05) is 0 Å². The van der Waals surface area contributed by atoms with Gasteiger partial charge in [0.25, 0.3) is 0 Å². The minimum atomic E-state index is -0.322. The molecule has 0 N–H and O–H groups in total. The zero-order valence-corrected chi connectivity index (χ0v) is 9.52. The number of carbonyl (C=O) groups is 1. The first-order valence-electron chi connectivity index (χ1n) is 5.07. The van der Waals surface area contributed by atoms with E-state index < -0.39 is 0 Å². The van der Waals surface area contributed by atoms with Crippen LogP contribution in [0.15, 0.2) is 0 Å². The van der Waals surface area contributed by atoms with Crippen LogP contribution in [0.5, 0.6) is 0 Å². The van der Waals surface area contributed by atoms with E-state index in [0.29, 0.717) is 12.5 Å². The highest BCUT2D eigenvalue weighted by Crippen LogP contribution is 2.21. The highest BCUT2D eigenvalue weighted by atomic mass is 16.5. The maximum absolute atomic E-state index is 11.5. The zero-order valence-electron chi connectivity index (χ0n) is 9.52. The van der Waals surface area contributed by atoms with Crippen LogP contribution in [-0.2, 0) is 9.53 Å². The predicted molar refractivity (Wildman–Crippen MR) is 54.5 cm³/mol.